The van der Waals surface area contributed by atoms with E-state index in [0.717, 1.165) is 32.2 Å². The van der Waals surface area contributed by atoms with Crippen LogP contribution in [0.5, 0.6) is 0 Å². The molecule has 1 saturated carbocycles. The van der Waals surface area contributed by atoms with E-state index in [0.29, 0.717) is 23.8 Å². The van der Waals surface area contributed by atoms with Crippen molar-refractivity contribution in [1.82, 2.24) is 10.2 Å². The zero-order chi connectivity index (χ0) is 17.6. The maximum Gasteiger partial charge on any atom is 0.255 e. The predicted molar refractivity (Wildman–Crippen MR) is 107 cm³/mol. The van der Waals surface area contributed by atoms with Gasteiger partial charge in [0.1, 0.15) is 0 Å². The van der Waals surface area contributed by atoms with Crippen molar-refractivity contribution in [1.29, 1.82) is 0 Å². The summed E-state index contributed by atoms with van der Waals surface area (Å²) in [6.45, 7) is 1.69. The van der Waals surface area contributed by atoms with Gasteiger partial charge in [-0.2, -0.15) is 0 Å². The quantitative estimate of drug-likeness (QED) is 0.842. The zero-order valence-electron chi connectivity index (χ0n) is 15.5. The van der Waals surface area contributed by atoms with E-state index in [4.69, 9.17) is 0 Å². The van der Waals surface area contributed by atoms with Crippen LogP contribution in [0.4, 0.5) is 5.69 Å². The summed E-state index contributed by atoms with van der Waals surface area (Å²) < 4.78 is 0. The Morgan fingerprint density at radius 3 is 2.50 bits per heavy atom. The minimum atomic E-state index is -0.0204. The third kappa shape index (κ3) is 4.98. The molecule has 0 radical (unpaired) electrons. The van der Waals surface area contributed by atoms with Crippen molar-refractivity contribution < 1.29 is 9.59 Å². The van der Waals surface area contributed by atoms with Crippen LogP contribution in [0.25, 0.3) is 0 Å². The molecule has 0 spiro atoms. The molecule has 26 heavy (non-hydrogen) atoms. The summed E-state index contributed by atoms with van der Waals surface area (Å²) in [6, 6.07) is 7.69. The second kappa shape index (κ2) is 9.93. The highest BCUT2D eigenvalue weighted by Crippen LogP contribution is 2.25. The molecule has 1 atom stereocenters. The second-order valence-corrected chi connectivity index (χ2v) is 7.29. The van der Waals surface area contributed by atoms with E-state index in [1.807, 2.05) is 36.2 Å². The Balaban J connectivity index is 0.00000243. The van der Waals surface area contributed by atoms with Crippen LogP contribution in [0.15, 0.2) is 24.3 Å². The molecule has 0 aromatic heterocycles. The van der Waals surface area contributed by atoms with Crippen LogP contribution in [0.1, 0.15) is 55.3 Å². The maximum absolute atomic E-state index is 13.0. The monoisotopic (exact) mass is 379 g/mol. The van der Waals surface area contributed by atoms with Gasteiger partial charge in [-0.3, -0.25) is 9.59 Å². The van der Waals surface area contributed by atoms with E-state index in [1.165, 1.54) is 19.3 Å². The molecule has 1 heterocycles. The van der Waals surface area contributed by atoms with Gasteiger partial charge >= 0.3 is 0 Å². The fraction of sp³-hybridized carbons (Fsp3) is 0.600. The number of nitrogens with one attached hydrogen (secondary N) is 2. The smallest absolute Gasteiger partial charge is 0.255 e. The van der Waals surface area contributed by atoms with Crippen LogP contribution in [0.3, 0.4) is 0 Å². The Hall–Kier alpha value is -1.59. The SMILES string of the molecule is CN(C(=O)c1ccccc1NC(=O)C1CCCNC1)C1CCCCC1.Cl. The Bertz CT molecular complexity index is 611. The molecule has 1 saturated heterocycles. The van der Waals surface area contributed by atoms with Gasteiger partial charge in [-0.05, 0) is 44.4 Å². The molecule has 1 aliphatic heterocycles. The molecule has 5 nitrogen and oxygen atoms in total. The van der Waals surface area contributed by atoms with Crippen LogP contribution in [-0.2, 0) is 4.79 Å². The lowest BCUT2D eigenvalue weighted by atomic mass is 9.94. The summed E-state index contributed by atoms with van der Waals surface area (Å²) in [6.07, 6.45) is 7.71. The number of para-hydroxylation sites is 1. The standard InChI is InChI=1S/C20H29N3O2.ClH/c1-23(16-9-3-2-4-10-16)20(25)17-11-5-6-12-18(17)22-19(24)15-8-7-13-21-14-15;/h5-6,11-12,15-16,21H,2-4,7-10,13-14H2,1H3,(H,22,24);1H. The van der Waals surface area contributed by atoms with Crippen molar-refractivity contribution in [3.63, 3.8) is 0 Å². The fourth-order valence-electron chi connectivity index (χ4n) is 3.91. The van der Waals surface area contributed by atoms with Gasteiger partial charge in [0, 0.05) is 19.6 Å². The molecule has 2 N–H and O–H groups in total. The number of hydrogen-bond acceptors (Lipinski definition) is 3. The summed E-state index contributed by atoms with van der Waals surface area (Å²) in [5.41, 5.74) is 1.22. The van der Waals surface area contributed by atoms with Crippen molar-refractivity contribution in [3.05, 3.63) is 29.8 Å². The number of rotatable bonds is 4. The second-order valence-electron chi connectivity index (χ2n) is 7.29. The van der Waals surface area contributed by atoms with Crippen molar-refractivity contribution in [3.8, 4) is 0 Å². The number of nitrogens with zero attached hydrogens (tertiary/aromatic N) is 1. The highest BCUT2D eigenvalue weighted by molar-refractivity contribution is 6.04. The van der Waals surface area contributed by atoms with Gasteiger partial charge in [-0.15, -0.1) is 12.4 Å². The number of amides is 2. The summed E-state index contributed by atoms with van der Waals surface area (Å²) in [7, 11) is 1.89. The van der Waals surface area contributed by atoms with Gasteiger partial charge in [0.15, 0.2) is 0 Å². The number of carbonyl (C=O) groups is 2. The predicted octanol–water partition coefficient (Wildman–Crippen LogP) is 3.45. The first kappa shape index (κ1) is 20.7. The number of anilines is 1. The van der Waals surface area contributed by atoms with Gasteiger partial charge in [0.25, 0.3) is 5.91 Å². The van der Waals surface area contributed by atoms with Gasteiger partial charge in [-0.1, -0.05) is 31.4 Å². The Kier molecular flexibility index (Phi) is 7.91. The Labute approximate surface area is 162 Å². The van der Waals surface area contributed by atoms with Gasteiger partial charge < -0.3 is 15.5 Å². The minimum absolute atomic E-state index is 0. The number of hydrogen-bond donors (Lipinski definition) is 2. The van der Waals surface area contributed by atoms with E-state index in [9.17, 15) is 9.59 Å². The average Bonchev–Trinajstić information content (AvgIpc) is 2.68. The normalized spacial score (nSPS) is 20.7. The molecule has 2 amide bonds. The third-order valence-electron chi connectivity index (χ3n) is 5.53. The number of benzene rings is 1. The highest BCUT2D eigenvalue weighted by Gasteiger charge is 2.26. The van der Waals surface area contributed by atoms with E-state index in [-0.39, 0.29) is 30.1 Å². The maximum atomic E-state index is 13.0. The summed E-state index contributed by atoms with van der Waals surface area (Å²) in [4.78, 5) is 27.4. The van der Waals surface area contributed by atoms with Gasteiger partial charge in [-0.25, -0.2) is 0 Å². The largest absolute Gasteiger partial charge is 0.339 e. The molecule has 2 aliphatic rings. The van der Waals surface area contributed by atoms with Crippen molar-refractivity contribution in [2.45, 2.75) is 51.0 Å². The van der Waals surface area contributed by atoms with E-state index >= 15 is 0 Å². The lowest BCUT2D eigenvalue weighted by Crippen LogP contribution is -2.39. The van der Waals surface area contributed by atoms with E-state index < -0.39 is 0 Å². The third-order valence-corrected chi connectivity index (χ3v) is 5.53. The fourth-order valence-corrected chi connectivity index (χ4v) is 3.91. The molecular formula is C20H30ClN3O2. The van der Waals surface area contributed by atoms with Crippen molar-refractivity contribution in [2.75, 3.05) is 25.5 Å². The van der Waals surface area contributed by atoms with Gasteiger partial charge in [0.2, 0.25) is 5.91 Å². The number of carbonyl (C=O) groups excluding carboxylic acids is 2. The highest BCUT2D eigenvalue weighted by atomic mass is 35.5. The summed E-state index contributed by atoms with van der Waals surface area (Å²) >= 11 is 0. The lowest BCUT2D eigenvalue weighted by molar-refractivity contribution is -0.120. The van der Waals surface area contributed by atoms with Gasteiger partial charge in [0.05, 0.1) is 17.2 Å². The molecule has 1 aromatic carbocycles. The molecule has 144 valence electrons. The molecule has 6 heteroatoms. The van der Waals surface area contributed by atoms with Crippen molar-refractivity contribution in [2.24, 2.45) is 5.92 Å². The Morgan fingerprint density at radius 1 is 1.08 bits per heavy atom. The number of halogens is 1. The molecular weight excluding hydrogens is 350 g/mol. The molecule has 1 aromatic rings. The van der Waals surface area contributed by atoms with Crippen LogP contribution < -0.4 is 10.6 Å². The molecule has 2 fully saturated rings. The summed E-state index contributed by atoms with van der Waals surface area (Å²) in [5.74, 6) is -0.00896. The minimum Gasteiger partial charge on any atom is -0.339 e. The van der Waals surface area contributed by atoms with E-state index in [2.05, 4.69) is 10.6 Å². The molecule has 0 bridgehead atoms. The molecule has 3 rings (SSSR count). The molecule has 1 aliphatic carbocycles. The first-order chi connectivity index (χ1) is 12.2. The zero-order valence-corrected chi connectivity index (χ0v) is 16.3. The summed E-state index contributed by atoms with van der Waals surface area (Å²) in [5, 5.41) is 6.26. The van der Waals surface area contributed by atoms with E-state index in [1.54, 1.807) is 0 Å². The average molecular weight is 380 g/mol. The molecule has 1 unspecified atom stereocenters. The van der Waals surface area contributed by atoms with Crippen LogP contribution in [0, 0.1) is 5.92 Å². The van der Waals surface area contributed by atoms with Crippen LogP contribution >= 0.6 is 12.4 Å². The Morgan fingerprint density at radius 2 is 1.81 bits per heavy atom. The van der Waals surface area contributed by atoms with Crippen LogP contribution in [0.2, 0.25) is 0 Å². The van der Waals surface area contributed by atoms with Crippen molar-refractivity contribution >= 4 is 29.9 Å². The number of piperidine rings is 1. The first-order valence-electron chi connectivity index (χ1n) is 9.54. The lowest BCUT2D eigenvalue weighted by Gasteiger charge is -2.32. The van der Waals surface area contributed by atoms with Crippen LogP contribution in [-0.4, -0.2) is 42.9 Å². The first-order valence-corrected chi connectivity index (χ1v) is 9.54. The topological polar surface area (TPSA) is 61.4 Å².